The van der Waals surface area contributed by atoms with Crippen molar-refractivity contribution in [3.05, 3.63) is 0 Å². The first-order valence-electron chi connectivity index (χ1n) is 0. The Labute approximate surface area is 55.9 Å². The summed E-state index contributed by atoms with van der Waals surface area (Å²) >= 11 is 0. The minimum absolute atomic E-state index is 0. The summed E-state index contributed by atoms with van der Waals surface area (Å²) in [5.41, 5.74) is 0. The minimum Gasteiger partial charge on any atom is -0.412 e. The van der Waals surface area contributed by atoms with E-state index < -0.39 is 0 Å². The number of rotatable bonds is 0. The topological polar surface area (TPSA) is 189 Å². The second-order valence-corrected chi connectivity index (χ2v) is 0. The van der Waals surface area contributed by atoms with Crippen LogP contribution in [0.1, 0.15) is 0 Å². The van der Waals surface area contributed by atoms with Crippen LogP contribution in [0.2, 0.25) is 0 Å². The summed E-state index contributed by atoms with van der Waals surface area (Å²) in [6.45, 7) is 0. The third-order valence-electron chi connectivity index (χ3n) is 0. The molecular formula is H12O6Ta. The molecule has 0 atom stereocenters. The Morgan fingerprint density at radius 1 is 0.286 bits per heavy atom. The molecule has 0 aromatic heterocycles. The summed E-state index contributed by atoms with van der Waals surface area (Å²) in [6, 6.07) is 0. The van der Waals surface area contributed by atoms with Gasteiger partial charge < -0.3 is 32.9 Å². The van der Waals surface area contributed by atoms with Crippen LogP contribution in [-0.2, 0) is 22.4 Å². The third kappa shape index (κ3) is 526. The molecule has 53 valence electrons. The number of hydrogen-bond donors (Lipinski definition) is 0. The Morgan fingerprint density at radius 2 is 0.286 bits per heavy atom. The first-order chi connectivity index (χ1) is 0. The van der Waals surface area contributed by atoms with E-state index in [0.29, 0.717) is 0 Å². The van der Waals surface area contributed by atoms with E-state index in [1.54, 1.807) is 0 Å². The Hall–Kier alpha value is 0.500. The van der Waals surface area contributed by atoms with E-state index in [1.165, 1.54) is 0 Å². The first kappa shape index (κ1) is 1270. The van der Waals surface area contributed by atoms with Gasteiger partial charge in [0.2, 0.25) is 0 Å². The summed E-state index contributed by atoms with van der Waals surface area (Å²) < 4.78 is 0. The molecule has 1 radical (unpaired) electrons. The molecule has 0 heterocycles. The van der Waals surface area contributed by atoms with E-state index in [0.717, 1.165) is 0 Å². The number of hydrogen-bond acceptors (Lipinski definition) is 0. The molecule has 0 rings (SSSR count). The van der Waals surface area contributed by atoms with Gasteiger partial charge in [-0.15, -0.1) is 0 Å². The SMILES string of the molecule is O.O.O.O.O.O.[Ta]. The summed E-state index contributed by atoms with van der Waals surface area (Å²) in [4.78, 5) is 0. The van der Waals surface area contributed by atoms with Crippen molar-refractivity contribution in [3.63, 3.8) is 0 Å². The van der Waals surface area contributed by atoms with Crippen LogP contribution >= 0.6 is 0 Å². The zero-order chi connectivity index (χ0) is 0. The Kier molecular flexibility index (Phi) is 142000. The molecule has 0 aliphatic heterocycles. The Bertz CT molecular complexity index is 4.14. The predicted octanol–water partition coefficient (Wildman–Crippen LogP) is -4.95. The Balaban J connectivity index is 0. The molecule has 0 bridgehead atoms. The second kappa shape index (κ2) is 786. The van der Waals surface area contributed by atoms with E-state index in [9.17, 15) is 0 Å². The summed E-state index contributed by atoms with van der Waals surface area (Å²) in [7, 11) is 0. The van der Waals surface area contributed by atoms with E-state index in [1.807, 2.05) is 0 Å². The zero-order valence-electron chi connectivity index (χ0n) is 3.45. The van der Waals surface area contributed by atoms with Gasteiger partial charge in [0.1, 0.15) is 0 Å². The van der Waals surface area contributed by atoms with Gasteiger partial charge in [-0.25, -0.2) is 0 Å². The van der Waals surface area contributed by atoms with Crippen molar-refractivity contribution in [2.75, 3.05) is 0 Å². The molecule has 6 nitrogen and oxygen atoms in total. The zero-order valence-corrected chi connectivity index (χ0v) is 6.66. The van der Waals surface area contributed by atoms with Gasteiger partial charge in [-0.3, -0.25) is 0 Å². The van der Waals surface area contributed by atoms with Crippen molar-refractivity contribution >= 4 is 0 Å². The van der Waals surface area contributed by atoms with Crippen molar-refractivity contribution in [3.8, 4) is 0 Å². The van der Waals surface area contributed by atoms with E-state index in [2.05, 4.69) is 0 Å². The van der Waals surface area contributed by atoms with Gasteiger partial charge in [0, 0.05) is 22.4 Å². The Morgan fingerprint density at radius 3 is 0.286 bits per heavy atom. The van der Waals surface area contributed by atoms with Gasteiger partial charge in [-0.05, 0) is 0 Å². The van der Waals surface area contributed by atoms with Gasteiger partial charge in [0.25, 0.3) is 0 Å². The quantitative estimate of drug-likeness (QED) is 0.413. The maximum atomic E-state index is 0. The summed E-state index contributed by atoms with van der Waals surface area (Å²) in [6.07, 6.45) is 0. The second-order valence-electron chi connectivity index (χ2n) is 0. The molecule has 7 heavy (non-hydrogen) atoms. The summed E-state index contributed by atoms with van der Waals surface area (Å²) in [5, 5.41) is 0. The molecule has 0 spiro atoms. The average molecular weight is 289 g/mol. The fraction of sp³-hybridized carbons (Fsp3) is 0. The van der Waals surface area contributed by atoms with Crippen LogP contribution in [0, 0.1) is 0 Å². The van der Waals surface area contributed by atoms with Crippen molar-refractivity contribution < 1.29 is 55.2 Å². The largest absolute Gasteiger partial charge is 0.412 e. The van der Waals surface area contributed by atoms with Crippen molar-refractivity contribution in [1.82, 2.24) is 0 Å². The molecule has 0 aromatic carbocycles. The monoisotopic (exact) mass is 289 g/mol. The van der Waals surface area contributed by atoms with Crippen molar-refractivity contribution in [2.24, 2.45) is 0 Å². The summed E-state index contributed by atoms with van der Waals surface area (Å²) in [5.74, 6) is 0. The molecule has 0 saturated heterocycles. The van der Waals surface area contributed by atoms with Gasteiger partial charge in [-0.2, -0.15) is 0 Å². The molecule has 12 N–H and O–H groups in total. The third-order valence-corrected chi connectivity index (χ3v) is 0. The smallest absolute Gasteiger partial charge is 0 e. The molecule has 0 fully saturated rings. The molecule has 0 amide bonds. The van der Waals surface area contributed by atoms with Gasteiger partial charge >= 0.3 is 0 Å². The van der Waals surface area contributed by atoms with Crippen LogP contribution in [0.5, 0.6) is 0 Å². The van der Waals surface area contributed by atoms with Crippen molar-refractivity contribution in [1.29, 1.82) is 0 Å². The van der Waals surface area contributed by atoms with Crippen LogP contribution in [0.25, 0.3) is 0 Å². The minimum atomic E-state index is 0. The molecule has 0 aliphatic carbocycles. The van der Waals surface area contributed by atoms with Gasteiger partial charge in [0.15, 0.2) is 0 Å². The van der Waals surface area contributed by atoms with E-state index >= 15 is 0 Å². The fourth-order valence-corrected chi connectivity index (χ4v) is 0. The van der Waals surface area contributed by atoms with Crippen molar-refractivity contribution in [2.45, 2.75) is 0 Å². The van der Waals surface area contributed by atoms with Crippen LogP contribution in [-0.4, -0.2) is 32.9 Å². The van der Waals surface area contributed by atoms with Crippen LogP contribution in [0.3, 0.4) is 0 Å². The molecule has 7 heteroatoms. The maximum Gasteiger partial charge on any atom is 0 e. The molecular weight excluding hydrogens is 277 g/mol. The maximum absolute atomic E-state index is 0. The van der Waals surface area contributed by atoms with E-state index in [4.69, 9.17) is 0 Å². The fourth-order valence-electron chi connectivity index (χ4n) is 0. The van der Waals surface area contributed by atoms with E-state index in [-0.39, 0.29) is 55.2 Å². The van der Waals surface area contributed by atoms with Gasteiger partial charge in [-0.1, -0.05) is 0 Å². The average Bonchev–Trinajstić information content (AvgIpc) is 0. The van der Waals surface area contributed by atoms with Gasteiger partial charge in [0.05, 0.1) is 0 Å². The van der Waals surface area contributed by atoms with Crippen LogP contribution in [0.4, 0.5) is 0 Å². The standard InChI is InChI=1S/6H2O.Ta/h6*1H2;. The normalized spacial score (nSPS) is 0. The first-order valence-corrected chi connectivity index (χ1v) is 0. The molecule has 0 saturated carbocycles. The molecule has 0 aliphatic rings. The molecule has 0 aromatic rings. The van der Waals surface area contributed by atoms with Crippen LogP contribution < -0.4 is 0 Å². The predicted molar refractivity (Wildman–Crippen MR) is 21.7 cm³/mol. The molecule has 0 unspecified atom stereocenters. The van der Waals surface area contributed by atoms with Crippen LogP contribution in [0.15, 0.2) is 0 Å².